The molecular weight excluding hydrogens is 272 g/mol. The van der Waals surface area contributed by atoms with Gasteiger partial charge in [0.05, 0.1) is 0 Å². The van der Waals surface area contributed by atoms with Gasteiger partial charge in [0.2, 0.25) is 18.6 Å². The molecule has 1 aromatic carbocycles. The molecule has 2 amide bonds. The van der Waals surface area contributed by atoms with Crippen molar-refractivity contribution in [3.63, 3.8) is 0 Å². The second-order valence-corrected chi connectivity index (χ2v) is 5.78. The van der Waals surface area contributed by atoms with Gasteiger partial charge in [-0.15, -0.1) is 0 Å². The quantitative estimate of drug-likeness (QED) is 0.831. The van der Waals surface area contributed by atoms with E-state index in [0.717, 1.165) is 0 Å². The molecule has 1 aromatic rings. The fourth-order valence-electron chi connectivity index (χ4n) is 1.81. The average molecular weight is 292 g/mol. The van der Waals surface area contributed by atoms with E-state index in [2.05, 4.69) is 10.6 Å². The van der Waals surface area contributed by atoms with E-state index in [1.165, 1.54) is 0 Å². The molecule has 2 N–H and O–H groups in total. The van der Waals surface area contributed by atoms with Crippen LogP contribution in [-0.2, 0) is 9.59 Å². The molecule has 0 bridgehead atoms. The Bertz CT molecular complexity index is 567. The second-order valence-electron chi connectivity index (χ2n) is 5.78. The van der Waals surface area contributed by atoms with Crippen molar-refractivity contribution in [2.24, 2.45) is 5.41 Å². The zero-order valence-electron chi connectivity index (χ0n) is 12.6. The van der Waals surface area contributed by atoms with Gasteiger partial charge in [-0.05, 0) is 39.8 Å². The van der Waals surface area contributed by atoms with Crippen LogP contribution in [-0.4, -0.2) is 24.6 Å². The van der Waals surface area contributed by atoms with Crippen molar-refractivity contribution in [2.75, 3.05) is 12.1 Å². The molecule has 114 valence electrons. The first-order valence-corrected chi connectivity index (χ1v) is 6.83. The molecule has 0 spiro atoms. The maximum Gasteiger partial charge on any atom is 0.239 e. The Labute approximate surface area is 123 Å². The van der Waals surface area contributed by atoms with E-state index >= 15 is 0 Å². The van der Waals surface area contributed by atoms with Crippen LogP contribution in [0.3, 0.4) is 0 Å². The smallest absolute Gasteiger partial charge is 0.239 e. The molecule has 6 nitrogen and oxygen atoms in total. The fourth-order valence-corrected chi connectivity index (χ4v) is 1.81. The van der Waals surface area contributed by atoms with Crippen LogP contribution in [0.4, 0.5) is 5.69 Å². The Balaban J connectivity index is 2.08. The molecule has 2 rings (SSSR count). The standard InChI is InChI=1S/C15H20N2O4/c1-9(2)16-13(18)15(3,4)14(19)17-10-5-6-11-12(7-10)21-8-20-11/h5-7,9H,8H2,1-4H3,(H,16,18)(H,17,19). The highest BCUT2D eigenvalue weighted by molar-refractivity contribution is 6.10. The maximum atomic E-state index is 12.3. The van der Waals surface area contributed by atoms with Crippen molar-refractivity contribution < 1.29 is 19.1 Å². The van der Waals surface area contributed by atoms with Crippen molar-refractivity contribution in [3.8, 4) is 11.5 Å². The number of hydrogen-bond donors (Lipinski definition) is 2. The van der Waals surface area contributed by atoms with Crippen molar-refractivity contribution in [1.82, 2.24) is 5.32 Å². The largest absolute Gasteiger partial charge is 0.454 e. The lowest BCUT2D eigenvalue weighted by atomic mass is 9.90. The van der Waals surface area contributed by atoms with Gasteiger partial charge in [0, 0.05) is 17.8 Å². The molecule has 0 radical (unpaired) electrons. The number of rotatable bonds is 4. The minimum Gasteiger partial charge on any atom is -0.454 e. The topological polar surface area (TPSA) is 76.7 Å². The van der Waals surface area contributed by atoms with E-state index < -0.39 is 5.41 Å². The van der Waals surface area contributed by atoms with Crippen LogP contribution in [0.1, 0.15) is 27.7 Å². The van der Waals surface area contributed by atoms with Gasteiger partial charge < -0.3 is 20.1 Å². The first-order valence-electron chi connectivity index (χ1n) is 6.83. The van der Waals surface area contributed by atoms with Gasteiger partial charge >= 0.3 is 0 Å². The van der Waals surface area contributed by atoms with Crippen molar-refractivity contribution in [2.45, 2.75) is 33.7 Å². The van der Waals surface area contributed by atoms with E-state index in [1.807, 2.05) is 13.8 Å². The Morgan fingerprint density at radius 1 is 1.14 bits per heavy atom. The lowest BCUT2D eigenvalue weighted by Gasteiger charge is -2.24. The lowest BCUT2D eigenvalue weighted by Crippen LogP contribution is -2.47. The zero-order chi connectivity index (χ0) is 15.6. The molecule has 0 aliphatic carbocycles. The third-order valence-corrected chi connectivity index (χ3v) is 3.19. The molecule has 1 aliphatic heterocycles. The van der Waals surface area contributed by atoms with Crippen molar-refractivity contribution >= 4 is 17.5 Å². The van der Waals surface area contributed by atoms with E-state index in [9.17, 15) is 9.59 Å². The van der Waals surface area contributed by atoms with Gasteiger partial charge in [0.1, 0.15) is 5.41 Å². The van der Waals surface area contributed by atoms with Crippen LogP contribution in [0.25, 0.3) is 0 Å². The third kappa shape index (κ3) is 3.26. The maximum absolute atomic E-state index is 12.3. The number of anilines is 1. The number of benzene rings is 1. The molecule has 1 heterocycles. The van der Waals surface area contributed by atoms with Gasteiger partial charge in [-0.3, -0.25) is 9.59 Å². The highest BCUT2D eigenvalue weighted by atomic mass is 16.7. The van der Waals surface area contributed by atoms with Crippen LogP contribution in [0.15, 0.2) is 18.2 Å². The highest BCUT2D eigenvalue weighted by Crippen LogP contribution is 2.34. The molecule has 6 heteroatoms. The van der Waals surface area contributed by atoms with Gasteiger partial charge in [-0.2, -0.15) is 0 Å². The number of amides is 2. The van der Waals surface area contributed by atoms with Crippen molar-refractivity contribution in [1.29, 1.82) is 0 Å². The Hall–Kier alpha value is -2.24. The summed E-state index contributed by atoms with van der Waals surface area (Å²) in [6.45, 7) is 7.06. The van der Waals surface area contributed by atoms with Crippen LogP contribution in [0.2, 0.25) is 0 Å². The number of ether oxygens (including phenoxy) is 2. The minimum atomic E-state index is -1.17. The molecule has 0 unspecified atom stereocenters. The number of carbonyl (C=O) groups is 2. The molecule has 1 aliphatic rings. The van der Waals surface area contributed by atoms with Gasteiger partial charge in [0.25, 0.3) is 0 Å². The highest BCUT2D eigenvalue weighted by Gasteiger charge is 2.36. The normalized spacial score (nSPS) is 13.2. The van der Waals surface area contributed by atoms with Crippen LogP contribution < -0.4 is 20.1 Å². The Morgan fingerprint density at radius 2 is 1.81 bits per heavy atom. The van der Waals surface area contributed by atoms with Crippen LogP contribution >= 0.6 is 0 Å². The molecule has 0 atom stereocenters. The number of fused-ring (bicyclic) bond motifs is 1. The predicted octanol–water partition coefficient (Wildman–Crippen LogP) is 1.90. The van der Waals surface area contributed by atoms with Gasteiger partial charge in [-0.25, -0.2) is 0 Å². The monoisotopic (exact) mass is 292 g/mol. The minimum absolute atomic E-state index is 0.0184. The summed E-state index contributed by atoms with van der Waals surface area (Å²) in [6.07, 6.45) is 0. The molecule has 21 heavy (non-hydrogen) atoms. The SMILES string of the molecule is CC(C)NC(=O)C(C)(C)C(=O)Nc1ccc2c(c1)OCO2. The summed E-state index contributed by atoms with van der Waals surface area (Å²) in [4.78, 5) is 24.4. The lowest BCUT2D eigenvalue weighted by molar-refractivity contribution is -0.138. The first-order chi connectivity index (χ1) is 9.80. The molecule has 0 saturated carbocycles. The Morgan fingerprint density at radius 3 is 2.48 bits per heavy atom. The molecular formula is C15H20N2O4. The summed E-state index contributed by atoms with van der Waals surface area (Å²) in [7, 11) is 0. The fraction of sp³-hybridized carbons (Fsp3) is 0.467. The zero-order valence-corrected chi connectivity index (χ0v) is 12.6. The summed E-state index contributed by atoms with van der Waals surface area (Å²) in [5, 5.41) is 5.48. The molecule has 0 saturated heterocycles. The van der Waals surface area contributed by atoms with Gasteiger partial charge in [0.15, 0.2) is 11.5 Å². The summed E-state index contributed by atoms with van der Waals surface area (Å²) >= 11 is 0. The van der Waals surface area contributed by atoms with E-state index in [4.69, 9.17) is 9.47 Å². The Kier molecular flexibility index (Phi) is 4.06. The average Bonchev–Trinajstić information content (AvgIpc) is 2.85. The van der Waals surface area contributed by atoms with Crippen LogP contribution in [0.5, 0.6) is 11.5 Å². The number of hydrogen-bond acceptors (Lipinski definition) is 4. The van der Waals surface area contributed by atoms with E-state index in [1.54, 1.807) is 32.0 Å². The van der Waals surface area contributed by atoms with E-state index in [-0.39, 0.29) is 24.6 Å². The molecule has 0 aromatic heterocycles. The second kappa shape index (κ2) is 5.63. The summed E-state index contributed by atoms with van der Waals surface area (Å²) < 4.78 is 10.5. The molecule has 0 fully saturated rings. The van der Waals surface area contributed by atoms with Gasteiger partial charge in [-0.1, -0.05) is 0 Å². The number of nitrogens with one attached hydrogen (secondary N) is 2. The summed E-state index contributed by atoms with van der Waals surface area (Å²) in [5.74, 6) is 0.539. The summed E-state index contributed by atoms with van der Waals surface area (Å²) in [5.41, 5.74) is -0.602. The third-order valence-electron chi connectivity index (χ3n) is 3.19. The van der Waals surface area contributed by atoms with Crippen LogP contribution in [0, 0.1) is 5.41 Å². The first kappa shape index (κ1) is 15.2. The van der Waals surface area contributed by atoms with E-state index in [0.29, 0.717) is 17.2 Å². The predicted molar refractivity (Wildman–Crippen MR) is 78.3 cm³/mol. The summed E-state index contributed by atoms with van der Waals surface area (Å²) in [6, 6.07) is 5.09. The van der Waals surface area contributed by atoms with Crippen molar-refractivity contribution in [3.05, 3.63) is 18.2 Å². The number of carbonyl (C=O) groups excluding carboxylic acids is 2.